The molecule has 1 aliphatic rings. The Morgan fingerprint density at radius 3 is 2.15 bits per heavy atom. The predicted octanol–water partition coefficient (Wildman–Crippen LogP) is 7.36. The molecule has 0 amide bonds. The quantitative estimate of drug-likeness (QED) is 0.0259. The Morgan fingerprint density at radius 2 is 1.63 bits per heavy atom. The van der Waals surface area contributed by atoms with E-state index in [9.17, 15) is 15.0 Å². The van der Waals surface area contributed by atoms with Crippen molar-refractivity contribution in [1.29, 1.82) is 0 Å². The Bertz CT molecular complexity index is 1490. The Hall–Kier alpha value is -4.18. The fourth-order valence-corrected chi connectivity index (χ4v) is 5.11. The SMILES string of the molecule is C.C.C=O.CC.CC.CCC(=O)[C@@]1(C)CCCN1NCc1ccc(O)c(O)c1.C[B]NCCCOCCC(C)C.Cc1ccnc2ccc(OCCO)cc12.O=CC=O.[B]NC. The number of nitrogens with zero attached hydrogens (tertiary/aromatic N) is 2. The molecule has 14 nitrogen and oxygen atoms in total. The number of pyridine rings is 1. The van der Waals surface area contributed by atoms with Crippen LogP contribution in [0.1, 0.15) is 113 Å². The first-order chi connectivity index (χ1) is 28.9. The summed E-state index contributed by atoms with van der Waals surface area (Å²) in [7, 11) is 8.22. The fraction of sp³-hybridized carbons (Fsp3) is 0.587. The molecule has 2 aromatic carbocycles. The normalized spacial score (nSPS) is 12.9. The van der Waals surface area contributed by atoms with Crippen molar-refractivity contribution in [2.24, 2.45) is 5.92 Å². The Balaban J connectivity index is -0.000000167. The summed E-state index contributed by atoms with van der Waals surface area (Å²) in [5, 5.41) is 35.9. The summed E-state index contributed by atoms with van der Waals surface area (Å²) < 4.78 is 10.8. The molecule has 0 spiro atoms. The van der Waals surface area contributed by atoms with Gasteiger partial charge in [-0.2, -0.15) is 0 Å². The van der Waals surface area contributed by atoms with Gasteiger partial charge in [0.25, 0.3) is 0 Å². The van der Waals surface area contributed by atoms with Crippen LogP contribution in [0.15, 0.2) is 48.7 Å². The van der Waals surface area contributed by atoms with Crippen molar-refractivity contribution in [3.05, 3.63) is 59.8 Å². The molecule has 16 heteroatoms. The number of aromatic nitrogens is 1. The lowest BCUT2D eigenvalue weighted by Gasteiger charge is -2.34. The molecule has 3 radical (unpaired) electrons. The van der Waals surface area contributed by atoms with Crippen LogP contribution in [0.2, 0.25) is 6.82 Å². The van der Waals surface area contributed by atoms with Gasteiger partial charge >= 0.3 is 0 Å². The van der Waals surface area contributed by atoms with Gasteiger partial charge in [-0.05, 0) is 107 Å². The average Bonchev–Trinajstić information content (AvgIpc) is 3.66. The molecule has 0 unspecified atom stereocenters. The van der Waals surface area contributed by atoms with E-state index in [-0.39, 0.29) is 51.3 Å². The number of ketones is 1. The number of fused-ring (bicyclic) bond motifs is 1. The average molecular weight is 873 g/mol. The molecular weight excluding hydrogens is 788 g/mol. The maximum atomic E-state index is 12.1. The van der Waals surface area contributed by atoms with E-state index in [1.807, 2.05) is 98.8 Å². The fourth-order valence-electron chi connectivity index (χ4n) is 5.11. The number of Topliss-reactive ketones (excluding diaryl/α,β-unsaturated/α-hetero) is 1. The summed E-state index contributed by atoms with van der Waals surface area (Å²) >= 11 is 0. The number of hydrogen-bond donors (Lipinski definition) is 6. The number of phenolic OH excluding ortho intramolecular Hbond substituents is 2. The third-order valence-corrected chi connectivity index (χ3v) is 8.08. The summed E-state index contributed by atoms with van der Waals surface area (Å²) in [5.41, 5.74) is 5.83. The number of aldehydes is 2. The third kappa shape index (κ3) is 32.5. The molecule has 62 heavy (non-hydrogen) atoms. The summed E-state index contributed by atoms with van der Waals surface area (Å²) in [6.45, 7) is 26.9. The van der Waals surface area contributed by atoms with Crippen LogP contribution in [0.4, 0.5) is 0 Å². The summed E-state index contributed by atoms with van der Waals surface area (Å²) in [4.78, 5) is 42.0. The van der Waals surface area contributed by atoms with Crippen LogP contribution in [0.5, 0.6) is 17.2 Å². The first kappa shape index (κ1) is 69.5. The zero-order valence-electron chi connectivity index (χ0n) is 38.4. The van der Waals surface area contributed by atoms with E-state index in [2.05, 4.69) is 42.7 Å². The lowest BCUT2D eigenvalue weighted by molar-refractivity contribution is -0.130. The topological polar surface area (TPSA) is 200 Å². The van der Waals surface area contributed by atoms with Crippen molar-refractivity contribution in [2.75, 3.05) is 46.6 Å². The number of hydrogen-bond acceptors (Lipinski definition) is 14. The Labute approximate surface area is 378 Å². The van der Waals surface area contributed by atoms with Crippen LogP contribution < -0.4 is 20.6 Å². The molecule has 1 saturated heterocycles. The van der Waals surface area contributed by atoms with Gasteiger partial charge in [-0.15, -0.1) is 0 Å². The van der Waals surface area contributed by atoms with E-state index in [1.165, 1.54) is 24.1 Å². The van der Waals surface area contributed by atoms with Gasteiger partial charge in [-0.25, -0.2) is 10.4 Å². The lowest BCUT2D eigenvalue weighted by Crippen LogP contribution is -2.53. The van der Waals surface area contributed by atoms with Crippen LogP contribution in [-0.2, 0) is 30.5 Å². The number of aryl methyl sites for hydroxylation is 1. The monoisotopic (exact) mass is 873 g/mol. The number of carbonyl (C=O) groups is 4. The summed E-state index contributed by atoms with van der Waals surface area (Å²) in [6.07, 6.45) is 6.86. The molecule has 2 heterocycles. The number of aliphatic hydroxyl groups excluding tert-OH is 1. The van der Waals surface area contributed by atoms with Gasteiger partial charge in [0, 0.05) is 44.3 Å². The minimum absolute atomic E-state index is 0. The van der Waals surface area contributed by atoms with Crippen molar-refractivity contribution in [1.82, 2.24) is 25.9 Å². The molecule has 1 aromatic heterocycles. The van der Waals surface area contributed by atoms with E-state index in [1.54, 1.807) is 19.3 Å². The highest BCUT2D eigenvalue weighted by atomic mass is 16.5. The molecule has 0 saturated carbocycles. The Morgan fingerprint density at radius 1 is 1.02 bits per heavy atom. The molecule has 353 valence electrons. The van der Waals surface area contributed by atoms with Gasteiger partial charge in [0.1, 0.15) is 19.1 Å². The molecule has 4 rings (SSSR count). The zero-order chi connectivity index (χ0) is 46.8. The second-order valence-electron chi connectivity index (χ2n) is 12.8. The molecule has 1 atom stereocenters. The largest absolute Gasteiger partial charge is 0.504 e. The predicted molar refractivity (Wildman–Crippen MR) is 260 cm³/mol. The van der Waals surface area contributed by atoms with Gasteiger partial charge < -0.3 is 40.0 Å². The molecular formula is C46H84B2N5O9. The molecule has 0 aliphatic carbocycles. The van der Waals surface area contributed by atoms with E-state index >= 15 is 0 Å². The van der Waals surface area contributed by atoms with Gasteiger partial charge in [0.05, 0.1) is 17.7 Å². The van der Waals surface area contributed by atoms with Crippen LogP contribution in [0, 0.1) is 12.8 Å². The minimum atomic E-state index is -0.437. The first-order valence-corrected chi connectivity index (χ1v) is 20.7. The number of carbonyl (C=O) groups excluding carboxylic acids is 4. The summed E-state index contributed by atoms with van der Waals surface area (Å²) in [5.74, 6) is 1.52. The maximum absolute atomic E-state index is 12.1. The van der Waals surface area contributed by atoms with Gasteiger partial charge in [-0.1, -0.05) is 76.2 Å². The maximum Gasteiger partial charge on any atom is 0.201 e. The number of benzene rings is 2. The van der Waals surface area contributed by atoms with E-state index in [0.29, 0.717) is 19.6 Å². The van der Waals surface area contributed by atoms with Crippen LogP contribution in [0.25, 0.3) is 10.9 Å². The number of nitrogens with one attached hydrogen (secondary N) is 3. The standard InChI is InChI=1S/C15H22N2O3.C12H13NO2.C9H21BNO.C2H2O2.2C2H6.CH4BN.CH2O.2CH4/c1-3-14(20)15(2)7-4-8-17(15)16-10-11-5-6-12(18)13(19)9-11;1-9-4-5-13-12-3-2-10(8-11(9)12)15-7-6-14;1-9(2)5-8-12-7-4-6-11-10-3;3-1-2-4;2*1-2;1-3-2;1-2;;/h5-6,9,16,18-19H,3-4,7-8,10H2,1-2H3;2-5,8,14H,6-7H2,1H3;9,11H,4-8H2,1-3H3;1-2H;2*1-2H3;3H,1H3;1H2;2*1H4/t15-;;;;;;;;;/m1........./s1. The second kappa shape index (κ2) is 47.9. The van der Waals surface area contributed by atoms with Crippen LogP contribution in [-0.4, -0.2) is 118 Å². The van der Waals surface area contributed by atoms with E-state index in [0.717, 1.165) is 73.7 Å². The molecule has 0 bridgehead atoms. The molecule has 1 fully saturated rings. The smallest absolute Gasteiger partial charge is 0.201 e. The summed E-state index contributed by atoms with van der Waals surface area (Å²) in [6, 6.07) is 12.5. The van der Waals surface area contributed by atoms with E-state index in [4.69, 9.17) is 29.0 Å². The van der Waals surface area contributed by atoms with Crippen LogP contribution in [0.3, 0.4) is 0 Å². The van der Waals surface area contributed by atoms with Crippen molar-refractivity contribution in [3.63, 3.8) is 0 Å². The van der Waals surface area contributed by atoms with Crippen molar-refractivity contribution in [2.45, 2.75) is 128 Å². The number of rotatable bonds is 17. The van der Waals surface area contributed by atoms with E-state index < -0.39 is 5.54 Å². The molecule has 6 N–H and O–H groups in total. The number of ether oxygens (including phenoxy) is 2. The van der Waals surface area contributed by atoms with Crippen molar-refractivity contribution < 1.29 is 44.0 Å². The highest BCUT2D eigenvalue weighted by molar-refractivity contribution is 6.29. The first-order valence-electron chi connectivity index (χ1n) is 20.7. The Kier molecular flexibility index (Phi) is 53.7. The zero-order valence-corrected chi connectivity index (χ0v) is 38.4. The number of aliphatic hydroxyl groups is 1. The van der Waals surface area contributed by atoms with Gasteiger partial charge in [0.15, 0.2) is 37.8 Å². The minimum Gasteiger partial charge on any atom is -0.504 e. The number of hydrazine groups is 1. The highest BCUT2D eigenvalue weighted by Gasteiger charge is 2.41. The second-order valence-corrected chi connectivity index (χ2v) is 12.8. The molecule has 1 aliphatic heterocycles. The van der Waals surface area contributed by atoms with Crippen molar-refractivity contribution in [3.8, 4) is 17.2 Å². The van der Waals surface area contributed by atoms with Gasteiger partial charge in [0.2, 0.25) is 7.41 Å². The van der Waals surface area contributed by atoms with Gasteiger partial charge in [-0.3, -0.25) is 19.4 Å². The molecule has 3 aromatic rings. The lowest BCUT2D eigenvalue weighted by atomic mass is 9.92. The number of aromatic hydroxyl groups is 2. The number of phenols is 2. The third-order valence-electron chi connectivity index (χ3n) is 8.08. The van der Waals surface area contributed by atoms with Crippen molar-refractivity contribution >= 4 is 51.4 Å². The van der Waals surface area contributed by atoms with Crippen LogP contribution >= 0.6 is 0 Å². The highest BCUT2D eigenvalue weighted by Crippen LogP contribution is 2.30.